The standard InChI is InChI=1S/C11H12Cl2N2O4S/c1-19-11(16)9-3-2-4-15(9)20(17,18)7-5-8(12)10(13)14-6-7/h5-6,9H,2-4H2,1H3. The first-order valence-corrected chi connectivity index (χ1v) is 7.98. The Kier molecular flexibility index (Phi) is 4.53. The van der Waals surface area contributed by atoms with Gasteiger partial charge in [-0.3, -0.25) is 4.79 Å². The Morgan fingerprint density at radius 3 is 2.80 bits per heavy atom. The summed E-state index contributed by atoms with van der Waals surface area (Å²) >= 11 is 11.5. The predicted molar refractivity (Wildman–Crippen MR) is 73.2 cm³/mol. The van der Waals surface area contributed by atoms with Crippen molar-refractivity contribution in [2.75, 3.05) is 13.7 Å². The Hall–Kier alpha value is -0.890. The number of carbonyl (C=O) groups is 1. The molecule has 1 saturated heterocycles. The van der Waals surface area contributed by atoms with Crippen molar-refractivity contribution in [3.8, 4) is 0 Å². The minimum Gasteiger partial charge on any atom is -0.468 e. The average Bonchev–Trinajstić information content (AvgIpc) is 2.90. The lowest BCUT2D eigenvalue weighted by Gasteiger charge is -2.22. The number of carbonyl (C=O) groups excluding carboxylic acids is 1. The minimum absolute atomic E-state index is 0.0246. The van der Waals surface area contributed by atoms with Crippen LogP contribution in [0.4, 0.5) is 0 Å². The lowest BCUT2D eigenvalue weighted by Crippen LogP contribution is -2.41. The van der Waals surface area contributed by atoms with Crippen LogP contribution in [0.2, 0.25) is 10.2 Å². The molecule has 2 heterocycles. The van der Waals surface area contributed by atoms with E-state index in [1.165, 1.54) is 13.2 Å². The summed E-state index contributed by atoms with van der Waals surface area (Å²) in [6.45, 7) is 0.252. The zero-order chi connectivity index (χ0) is 14.9. The number of aromatic nitrogens is 1. The smallest absolute Gasteiger partial charge is 0.324 e. The zero-order valence-electron chi connectivity index (χ0n) is 10.5. The summed E-state index contributed by atoms with van der Waals surface area (Å²) in [5, 5.41) is 0.0677. The van der Waals surface area contributed by atoms with Gasteiger partial charge >= 0.3 is 5.97 Å². The minimum atomic E-state index is -3.86. The molecule has 0 amide bonds. The second kappa shape index (κ2) is 5.85. The van der Waals surface area contributed by atoms with Gasteiger partial charge in [-0.1, -0.05) is 23.2 Å². The molecule has 0 bridgehead atoms. The van der Waals surface area contributed by atoms with E-state index in [2.05, 4.69) is 9.72 Å². The van der Waals surface area contributed by atoms with Gasteiger partial charge in [0.05, 0.1) is 12.1 Å². The van der Waals surface area contributed by atoms with Crippen molar-refractivity contribution in [3.05, 3.63) is 22.4 Å². The first-order valence-electron chi connectivity index (χ1n) is 5.78. The molecule has 1 aliphatic rings. The fourth-order valence-electron chi connectivity index (χ4n) is 2.08. The number of ether oxygens (including phenoxy) is 1. The lowest BCUT2D eigenvalue weighted by molar-refractivity contribution is -0.144. The van der Waals surface area contributed by atoms with Gasteiger partial charge < -0.3 is 4.74 Å². The van der Waals surface area contributed by atoms with E-state index in [4.69, 9.17) is 23.2 Å². The molecule has 6 nitrogen and oxygen atoms in total. The van der Waals surface area contributed by atoms with E-state index in [1.54, 1.807) is 0 Å². The summed E-state index contributed by atoms with van der Waals surface area (Å²) in [6, 6.07) is 0.415. The molecule has 1 aromatic rings. The fraction of sp³-hybridized carbons (Fsp3) is 0.455. The highest BCUT2D eigenvalue weighted by atomic mass is 35.5. The van der Waals surface area contributed by atoms with E-state index in [9.17, 15) is 13.2 Å². The Morgan fingerprint density at radius 2 is 2.20 bits per heavy atom. The summed E-state index contributed by atoms with van der Waals surface area (Å²) in [5.41, 5.74) is 0. The Balaban J connectivity index is 2.38. The quantitative estimate of drug-likeness (QED) is 0.619. The van der Waals surface area contributed by atoms with Crippen LogP contribution < -0.4 is 0 Å². The van der Waals surface area contributed by atoms with Gasteiger partial charge in [-0.15, -0.1) is 0 Å². The molecule has 1 aliphatic heterocycles. The van der Waals surface area contributed by atoms with Crippen LogP contribution in [0.15, 0.2) is 17.2 Å². The molecule has 0 radical (unpaired) electrons. The SMILES string of the molecule is COC(=O)C1CCCN1S(=O)(=O)c1cnc(Cl)c(Cl)c1. The number of methoxy groups -OCH3 is 1. The highest BCUT2D eigenvalue weighted by Crippen LogP contribution is 2.29. The number of halogens is 2. The maximum Gasteiger partial charge on any atom is 0.324 e. The maximum atomic E-state index is 12.5. The van der Waals surface area contributed by atoms with Crippen molar-refractivity contribution in [2.45, 2.75) is 23.8 Å². The number of sulfonamides is 1. The molecule has 9 heteroatoms. The summed E-state index contributed by atoms with van der Waals surface area (Å²) in [5.74, 6) is -0.570. The molecule has 0 N–H and O–H groups in total. The molecule has 1 atom stereocenters. The Bertz CT molecular complexity index is 635. The molecule has 0 spiro atoms. The highest BCUT2D eigenvalue weighted by Gasteiger charge is 2.40. The van der Waals surface area contributed by atoms with E-state index in [0.29, 0.717) is 12.8 Å². The summed E-state index contributed by atoms with van der Waals surface area (Å²) in [4.78, 5) is 15.3. The third kappa shape index (κ3) is 2.76. The van der Waals surface area contributed by atoms with Crippen molar-refractivity contribution in [1.29, 1.82) is 0 Å². The van der Waals surface area contributed by atoms with Crippen LogP contribution >= 0.6 is 23.2 Å². The molecule has 1 fully saturated rings. The van der Waals surface area contributed by atoms with Crippen LogP contribution in [0.3, 0.4) is 0 Å². The van der Waals surface area contributed by atoms with Crippen molar-refractivity contribution >= 4 is 39.2 Å². The normalized spacial score (nSPS) is 20.1. The predicted octanol–water partition coefficient (Wildman–Crippen LogP) is 1.71. The van der Waals surface area contributed by atoms with E-state index < -0.39 is 22.0 Å². The monoisotopic (exact) mass is 338 g/mol. The second-order valence-electron chi connectivity index (χ2n) is 4.24. The van der Waals surface area contributed by atoms with Gasteiger partial charge in [0.15, 0.2) is 0 Å². The lowest BCUT2D eigenvalue weighted by atomic mass is 10.2. The third-order valence-corrected chi connectivity index (χ3v) is 5.61. The number of rotatable bonds is 3. The van der Waals surface area contributed by atoms with Gasteiger partial charge in [0.25, 0.3) is 0 Å². The second-order valence-corrected chi connectivity index (χ2v) is 6.90. The third-order valence-electron chi connectivity index (χ3n) is 3.05. The van der Waals surface area contributed by atoms with Crippen LogP contribution in [0.5, 0.6) is 0 Å². The first kappa shape index (κ1) is 15.5. The highest BCUT2D eigenvalue weighted by molar-refractivity contribution is 7.89. The molecule has 1 aromatic heterocycles. The molecule has 0 saturated carbocycles. The first-order chi connectivity index (χ1) is 9.37. The Morgan fingerprint density at radius 1 is 1.50 bits per heavy atom. The van der Waals surface area contributed by atoms with Gasteiger partial charge in [-0.25, -0.2) is 13.4 Å². The number of hydrogen-bond acceptors (Lipinski definition) is 5. The van der Waals surface area contributed by atoms with Crippen molar-refractivity contribution in [2.24, 2.45) is 0 Å². The van der Waals surface area contributed by atoms with Crippen LogP contribution in [-0.4, -0.2) is 43.4 Å². The molecular weight excluding hydrogens is 327 g/mol. The molecule has 0 aliphatic carbocycles. The van der Waals surface area contributed by atoms with Crippen LogP contribution in [0, 0.1) is 0 Å². The molecule has 0 aromatic carbocycles. The van der Waals surface area contributed by atoms with Crippen molar-refractivity contribution < 1.29 is 17.9 Å². The van der Waals surface area contributed by atoms with Gasteiger partial charge in [0, 0.05) is 12.7 Å². The number of nitrogens with zero attached hydrogens (tertiary/aromatic N) is 2. The van der Waals surface area contributed by atoms with Gasteiger partial charge in [0.2, 0.25) is 10.0 Å². The molecular formula is C11H12Cl2N2O4S. The zero-order valence-corrected chi connectivity index (χ0v) is 12.9. The summed E-state index contributed by atoms with van der Waals surface area (Å²) in [6.07, 6.45) is 2.14. The van der Waals surface area contributed by atoms with Crippen LogP contribution in [-0.2, 0) is 19.6 Å². The molecule has 20 heavy (non-hydrogen) atoms. The van der Waals surface area contributed by atoms with Crippen molar-refractivity contribution in [1.82, 2.24) is 9.29 Å². The Labute approximate surface area is 126 Å². The molecule has 1 unspecified atom stereocenters. The van der Waals surface area contributed by atoms with Crippen molar-refractivity contribution in [3.63, 3.8) is 0 Å². The van der Waals surface area contributed by atoms with Crippen LogP contribution in [0.25, 0.3) is 0 Å². The van der Waals surface area contributed by atoms with E-state index in [0.717, 1.165) is 10.5 Å². The average molecular weight is 339 g/mol. The molecule has 110 valence electrons. The maximum absolute atomic E-state index is 12.5. The topological polar surface area (TPSA) is 76.6 Å². The summed E-state index contributed by atoms with van der Waals surface area (Å²) < 4.78 is 30.8. The molecule has 2 rings (SSSR count). The van der Waals surface area contributed by atoms with E-state index in [1.807, 2.05) is 0 Å². The number of hydrogen-bond donors (Lipinski definition) is 0. The largest absolute Gasteiger partial charge is 0.468 e. The van der Waals surface area contributed by atoms with Gasteiger partial charge in [-0.2, -0.15) is 4.31 Å². The fourth-order valence-corrected chi connectivity index (χ4v) is 4.03. The summed E-state index contributed by atoms with van der Waals surface area (Å²) in [7, 11) is -2.63. The number of esters is 1. The van der Waals surface area contributed by atoms with Gasteiger partial charge in [-0.05, 0) is 18.9 Å². The van der Waals surface area contributed by atoms with E-state index in [-0.39, 0.29) is 21.6 Å². The number of pyridine rings is 1. The van der Waals surface area contributed by atoms with E-state index >= 15 is 0 Å². The van der Waals surface area contributed by atoms with Gasteiger partial charge in [0.1, 0.15) is 16.1 Å². The van der Waals surface area contributed by atoms with Crippen LogP contribution in [0.1, 0.15) is 12.8 Å².